The summed E-state index contributed by atoms with van der Waals surface area (Å²) in [5, 5.41) is 7.64. The Labute approximate surface area is 117 Å². The van der Waals surface area contributed by atoms with Crippen LogP contribution in [-0.2, 0) is 7.05 Å². The molecule has 0 fully saturated rings. The maximum atomic E-state index is 4.18. The lowest BCUT2D eigenvalue weighted by atomic mass is 10.2. The minimum absolute atomic E-state index is 0.207. The van der Waals surface area contributed by atoms with Gasteiger partial charge in [-0.3, -0.25) is 4.68 Å². The van der Waals surface area contributed by atoms with E-state index in [1.165, 1.54) is 0 Å². The fourth-order valence-corrected chi connectivity index (χ4v) is 2.83. The summed E-state index contributed by atoms with van der Waals surface area (Å²) in [6.45, 7) is 2.11. The van der Waals surface area contributed by atoms with Crippen LogP contribution in [0.1, 0.15) is 18.5 Å². The zero-order valence-electron chi connectivity index (χ0n) is 9.61. The largest absolute Gasteiger partial charge is 0.377 e. The molecule has 0 aliphatic rings. The van der Waals surface area contributed by atoms with Crippen molar-refractivity contribution < 1.29 is 0 Å². The van der Waals surface area contributed by atoms with Gasteiger partial charge in [0, 0.05) is 27.8 Å². The molecule has 17 heavy (non-hydrogen) atoms. The zero-order chi connectivity index (χ0) is 12.4. The summed E-state index contributed by atoms with van der Waals surface area (Å²) in [5.74, 6) is 0. The molecule has 0 saturated heterocycles. The number of para-hydroxylation sites is 1. The van der Waals surface area contributed by atoms with Gasteiger partial charge < -0.3 is 5.32 Å². The number of benzene rings is 1. The van der Waals surface area contributed by atoms with E-state index in [2.05, 4.69) is 49.2 Å². The summed E-state index contributed by atoms with van der Waals surface area (Å²) in [6.07, 6.45) is 3.89. The fourth-order valence-electron chi connectivity index (χ4n) is 1.60. The van der Waals surface area contributed by atoms with Crippen LogP contribution < -0.4 is 5.32 Å². The highest BCUT2D eigenvalue weighted by molar-refractivity contribution is 9.11. The molecule has 0 saturated carbocycles. The van der Waals surface area contributed by atoms with Crippen LogP contribution in [0, 0.1) is 0 Å². The number of hydrogen-bond acceptors (Lipinski definition) is 2. The first-order chi connectivity index (χ1) is 8.08. The Hall–Kier alpha value is -0.810. The lowest BCUT2D eigenvalue weighted by Gasteiger charge is -2.16. The van der Waals surface area contributed by atoms with Crippen molar-refractivity contribution in [3.8, 4) is 0 Å². The molecule has 0 radical (unpaired) electrons. The minimum atomic E-state index is 0.207. The molecule has 1 unspecified atom stereocenters. The summed E-state index contributed by atoms with van der Waals surface area (Å²) in [4.78, 5) is 0. The number of nitrogens with one attached hydrogen (secondary N) is 1. The van der Waals surface area contributed by atoms with Crippen molar-refractivity contribution in [3.63, 3.8) is 0 Å². The van der Waals surface area contributed by atoms with Crippen LogP contribution in [0.15, 0.2) is 39.5 Å². The second-order valence-corrected chi connectivity index (χ2v) is 5.62. The van der Waals surface area contributed by atoms with Crippen LogP contribution in [0.3, 0.4) is 0 Å². The zero-order valence-corrected chi connectivity index (χ0v) is 12.8. The number of halogens is 2. The van der Waals surface area contributed by atoms with Crippen molar-refractivity contribution in [2.45, 2.75) is 13.0 Å². The van der Waals surface area contributed by atoms with Gasteiger partial charge in [-0.15, -0.1) is 0 Å². The Morgan fingerprint density at radius 2 is 1.94 bits per heavy atom. The summed E-state index contributed by atoms with van der Waals surface area (Å²) in [6, 6.07) is 6.24. The van der Waals surface area contributed by atoms with Crippen LogP contribution in [0.4, 0.5) is 5.69 Å². The van der Waals surface area contributed by atoms with Crippen molar-refractivity contribution >= 4 is 37.5 Å². The Morgan fingerprint density at radius 1 is 1.29 bits per heavy atom. The van der Waals surface area contributed by atoms with Gasteiger partial charge in [-0.25, -0.2) is 0 Å². The molecule has 2 rings (SSSR count). The van der Waals surface area contributed by atoms with Gasteiger partial charge in [0.2, 0.25) is 0 Å². The first-order valence-corrected chi connectivity index (χ1v) is 6.85. The van der Waals surface area contributed by atoms with E-state index >= 15 is 0 Å². The lowest BCUT2D eigenvalue weighted by molar-refractivity contribution is 0.765. The van der Waals surface area contributed by atoms with Gasteiger partial charge in [0.1, 0.15) is 0 Å². The van der Waals surface area contributed by atoms with Crippen LogP contribution in [-0.4, -0.2) is 9.78 Å². The molecule has 1 aromatic heterocycles. The van der Waals surface area contributed by atoms with Crippen molar-refractivity contribution in [1.82, 2.24) is 9.78 Å². The average molecular weight is 359 g/mol. The first-order valence-electron chi connectivity index (χ1n) is 5.27. The first kappa shape index (κ1) is 12.6. The molecule has 90 valence electrons. The Morgan fingerprint density at radius 3 is 2.47 bits per heavy atom. The molecular formula is C12H13Br2N3. The molecule has 1 N–H and O–H groups in total. The van der Waals surface area contributed by atoms with Gasteiger partial charge in [0.05, 0.1) is 17.9 Å². The van der Waals surface area contributed by atoms with Gasteiger partial charge in [-0.1, -0.05) is 6.07 Å². The molecule has 0 aliphatic heterocycles. The minimum Gasteiger partial charge on any atom is -0.377 e. The van der Waals surface area contributed by atoms with E-state index in [0.29, 0.717) is 0 Å². The molecule has 2 aromatic rings. The highest BCUT2D eigenvalue weighted by atomic mass is 79.9. The van der Waals surface area contributed by atoms with Crippen LogP contribution >= 0.6 is 31.9 Å². The highest BCUT2D eigenvalue weighted by Gasteiger charge is 2.11. The smallest absolute Gasteiger partial charge is 0.0633 e. The van der Waals surface area contributed by atoms with Crippen molar-refractivity contribution in [3.05, 3.63) is 45.1 Å². The maximum absolute atomic E-state index is 4.18. The normalized spacial score (nSPS) is 12.5. The van der Waals surface area contributed by atoms with Gasteiger partial charge in [-0.2, -0.15) is 5.10 Å². The SMILES string of the molecule is CC(Nc1c(Br)cccc1Br)c1cnn(C)c1. The topological polar surface area (TPSA) is 29.9 Å². The van der Waals surface area contributed by atoms with E-state index in [1.54, 1.807) is 0 Å². The lowest BCUT2D eigenvalue weighted by Crippen LogP contribution is -2.06. The third-order valence-corrected chi connectivity index (χ3v) is 3.87. The van der Waals surface area contributed by atoms with Crippen molar-refractivity contribution in [2.24, 2.45) is 7.05 Å². The molecule has 5 heteroatoms. The molecular weight excluding hydrogens is 346 g/mol. The molecule has 3 nitrogen and oxygen atoms in total. The van der Waals surface area contributed by atoms with Gasteiger partial charge >= 0.3 is 0 Å². The second-order valence-electron chi connectivity index (χ2n) is 3.91. The molecule has 0 amide bonds. The Kier molecular flexibility index (Phi) is 3.89. The highest BCUT2D eigenvalue weighted by Crippen LogP contribution is 2.33. The molecule has 0 bridgehead atoms. The number of hydrogen-bond donors (Lipinski definition) is 1. The number of anilines is 1. The summed E-state index contributed by atoms with van der Waals surface area (Å²) >= 11 is 7.08. The number of rotatable bonds is 3. The monoisotopic (exact) mass is 357 g/mol. The van der Waals surface area contributed by atoms with E-state index in [9.17, 15) is 0 Å². The summed E-state index contributed by atoms with van der Waals surface area (Å²) < 4.78 is 3.90. The number of aryl methyl sites for hydroxylation is 1. The standard InChI is InChI=1S/C12H13Br2N3/c1-8(9-6-15-17(2)7-9)16-12-10(13)4-3-5-11(12)14/h3-8,16H,1-2H3. The predicted molar refractivity (Wildman–Crippen MR) is 77.1 cm³/mol. The van der Waals surface area contributed by atoms with E-state index in [0.717, 1.165) is 20.2 Å². The van der Waals surface area contributed by atoms with Crippen LogP contribution in [0.25, 0.3) is 0 Å². The maximum Gasteiger partial charge on any atom is 0.0633 e. The Balaban J connectivity index is 2.21. The van der Waals surface area contributed by atoms with Gasteiger partial charge in [0.15, 0.2) is 0 Å². The number of nitrogens with zero attached hydrogens (tertiary/aromatic N) is 2. The van der Waals surface area contributed by atoms with E-state index in [4.69, 9.17) is 0 Å². The summed E-state index contributed by atoms with van der Waals surface area (Å²) in [7, 11) is 1.92. The molecule has 1 heterocycles. The summed E-state index contributed by atoms with van der Waals surface area (Å²) in [5.41, 5.74) is 2.22. The van der Waals surface area contributed by atoms with Crippen molar-refractivity contribution in [2.75, 3.05) is 5.32 Å². The third kappa shape index (κ3) is 2.90. The van der Waals surface area contributed by atoms with Crippen molar-refractivity contribution in [1.29, 1.82) is 0 Å². The van der Waals surface area contributed by atoms with Crippen LogP contribution in [0.2, 0.25) is 0 Å². The quantitative estimate of drug-likeness (QED) is 0.894. The molecule has 1 aromatic carbocycles. The number of aromatic nitrogens is 2. The van der Waals surface area contributed by atoms with Gasteiger partial charge in [0.25, 0.3) is 0 Å². The van der Waals surface area contributed by atoms with Crippen LogP contribution in [0.5, 0.6) is 0 Å². The van der Waals surface area contributed by atoms with Gasteiger partial charge in [-0.05, 0) is 50.9 Å². The van der Waals surface area contributed by atoms with E-state index in [1.807, 2.05) is 42.3 Å². The second kappa shape index (κ2) is 5.23. The predicted octanol–water partition coefficient (Wildman–Crippen LogP) is 4.12. The molecule has 1 atom stereocenters. The van der Waals surface area contributed by atoms with E-state index in [-0.39, 0.29) is 6.04 Å². The van der Waals surface area contributed by atoms with E-state index < -0.39 is 0 Å². The Bertz CT molecular complexity index is 502. The molecule has 0 spiro atoms. The fraction of sp³-hybridized carbons (Fsp3) is 0.250. The third-order valence-electron chi connectivity index (χ3n) is 2.55. The average Bonchev–Trinajstić information content (AvgIpc) is 2.70. The molecule has 0 aliphatic carbocycles.